The van der Waals surface area contributed by atoms with Gasteiger partial charge in [-0.05, 0) is 53.6 Å². The van der Waals surface area contributed by atoms with Crippen LogP contribution in [0.4, 0.5) is 22.0 Å². The second-order valence-corrected chi connectivity index (χ2v) is 5.57. The molecule has 2 amide bonds. The van der Waals surface area contributed by atoms with Crippen LogP contribution in [-0.2, 0) is 0 Å². The van der Waals surface area contributed by atoms with Crippen LogP contribution in [0.15, 0.2) is 66.9 Å². The quantitative estimate of drug-likeness (QED) is 0.651. The highest BCUT2D eigenvalue weighted by Gasteiger charge is 2.04. The normalized spacial score (nSPS) is 10.2. The molecule has 0 atom stereocenters. The van der Waals surface area contributed by atoms with Crippen LogP contribution in [0.1, 0.15) is 0 Å². The summed E-state index contributed by atoms with van der Waals surface area (Å²) in [5.74, 6) is 0.468. The number of carbonyl (C=O) groups is 1. The van der Waals surface area contributed by atoms with Gasteiger partial charge in [0.25, 0.3) is 0 Å². The lowest BCUT2D eigenvalue weighted by Gasteiger charge is -2.09. The van der Waals surface area contributed by atoms with E-state index in [0.29, 0.717) is 22.2 Å². The van der Waals surface area contributed by atoms with Crippen LogP contribution >= 0.6 is 11.6 Å². The van der Waals surface area contributed by atoms with Gasteiger partial charge in [0.2, 0.25) is 0 Å². The summed E-state index contributed by atoms with van der Waals surface area (Å²) in [6.07, 6.45) is 1.66. The zero-order valence-corrected chi connectivity index (χ0v) is 13.4. The molecular weight excluding hydrogens is 324 g/mol. The Labute approximate surface area is 144 Å². The molecule has 1 aromatic heterocycles. The fraction of sp³-hybridized carbons (Fsp3) is 0. The van der Waals surface area contributed by atoms with E-state index in [1.165, 1.54) is 0 Å². The third-order valence-corrected chi connectivity index (χ3v) is 3.57. The molecular formula is C18H15ClN4O. The van der Waals surface area contributed by atoms with E-state index in [1.807, 2.05) is 30.3 Å². The van der Waals surface area contributed by atoms with Gasteiger partial charge in [0.15, 0.2) is 0 Å². The number of amides is 2. The largest absolute Gasteiger partial charge is 0.384 e. The van der Waals surface area contributed by atoms with Gasteiger partial charge in [-0.1, -0.05) is 29.8 Å². The van der Waals surface area contributed by atoms with Gasteiger partial charge >= 0.3 is 6.03 Å². The predicted octanol–water partition coefficient (Wildman–Crippen LogP) is 4.63. The lowest BCUT2D eigenvalue weighted by molar-refractivity contribution is 0.262. The fourth-order valence-electron chi connectivity index (χ4n) is 2.23. The lowest BCUT2D eigenvalue weighted by atomic mass is 10.1. The van der Waals surface area contributed by atoms with Crippen LogP contribution in [-0.4, -0.2) is 11.0 Å². The van der Waals surface area contributed by atoms with Crippen molar-refractivity contribution in [2.45, 2.75) is 0 Å². The van der Waals surface area contributed by atoms with Gasteiger partial charge in [-0.25, -0.2) is 9.78 Å². The zero-order valence-electron chi connectivity index (χ0n) is 12.7. The minimum Gasteiger partial charge on any atom is -0.384 e. The first-order chi connectivity index (χ1) is 11.6. The van der Waals surface area contributed by atoms with Gasteiger partial charge < -0.3 is 16.4 Å². The number of anilines is 3. The fourth-order valence-corrected chi connectivity index (χ4v) is 2.42. The van der Waals surface area contributed by atoms with Gasteiger partial charge in [-0.3, -0.25) is 0 Å². The number of urea groups is 1. The minimum atomic E-state index is -0.335. The number of aromatic nitrogens is 1. The van der Waals surface area contributed by atoms with Crippen molar-refractivity contribution in [1.29, 1.82) is 0 Å². The highest BCUT2D eigenvalue weighted by atomic mass is 35.5. The Balaban J connectivity index is 1.66. The van der Waals surface area contributed by atoms with Gasteiger partial charge in [-0.15, -0.1) is 0 Å². The molecule has 5 nitrogen and oxygen atoms in total. The van der Waals surface area contributed by atoms with E-state index in [2.05, 4.69) is 15.6 Å². The number of benzene rings is 2. The summed E-state index contributed by atoms with van der Waals surface area (Å²) >= 11 is 5.89. The minimum absolute atomic E-state index is 0.335. The van der Waals surface area contributed by atoms with Crippen molar-refractivity contribution in [3.05, 3.63) is 71.9 Å². The van der Waals surface area contributed by atoms with E-state index in [-0.39, 0.29) is 6.03 Å². The first-order valence-electron chi connectivity index (χ1n) is 7.26. The van der Waals surface area contributed by atoms with E-state index in [9.17, 15) is 4.79 Å². The number of pyridine rings is 1. The number of hydrogen-bond acceptors (Lipinski definition) is 3. The number of nitrogens with one attached hydrogen (secondary N) is 2. The first kappa shape index (κ1) is 15.8. The lowest BCUT2D eigenvalue weighted by Crippen LogP contribution is -2.19. The Morgan fingerprint density at radius 2 is 1.67 bits per heavy atom. The number of hydrogen-bond donors (Lipinski definition) is 3. The topological polar surface area (TPSA) is 80.0 Å². The average Bonchev–Trinajstić information content (AvgIpc) is 2.55. The van der Waals surface area contributed by atoms with E-state index < -0.39 is 0 Å². The van der Waals surface area contributed by atoms with Gasteiger partial charge in [0.05, 0.1) is 0 Å². The van der Waals surface area contributed by atoms with Crippen molar-refractivity contribution in [3.8, 4) is 11.1 Å². The maximum Gasteiger partial charge on any atom is 0.323 e. The molecule has 0 spiro atoms. The molecule has 1 heterocycles. The molecule has 2 aromatic carbocycles. The maximum absolute atomic E-state index is 12.0. The maximum atomic E-state index is 12.0. The number of carbonyl (C=O) groups excluding carboxylic acids is 1. The smallest absolute Gasteiger partial charge is 0.323 e. The highest BCUT2D eigenvalue weighted by Crippen LogP contribution is 2.22. The molecule has 0 aliphatic carbocycles. The number of halogens is 1. The molecule has 0 saturated heterocycles. The molecule has 3 aromatic rings. The molecule has 4 N–H and O–H groups in total. The van der Waals surface area contributed by atoms with Crippen LogP contribution in [0.3, 0.4) is 0 Å². The molecule has 0 saturated carbocycles. The SMILES string of the molecule is Nc1cc(-c2ccc(NC(=O)Nc3cccc(Cl)c3)cc2)ccn1. The molecule has 0 radical (unpaired) electrons. The van der Waals surface area contributed by atoms with Gasteiger partial charge in [0, 0.05) is 22.6 Å². The summed E-state index contributed by atoms with van der Waals surface area (Å²) in [4.78, 5) is 16.0. The second-order valence-electron chi connectivity index (χ2n) is 5.14. The van der Waals surface area contributed by atoms with E-state index in [4.69, 9.17) is 17.3 Å². The first-order valence-corrected chi connectivity index (χ1v) is 7.63. The molecule has 0 unspecified atom stereocenters. The molecule has 0 aliphatic heterocycles. The third-order valence-electron chi connectivity index (χ3n) is 3.34. The second kappa shape index (κ2) is 7.02. The molecule has 0 fully saturated rings. The Hall–Kier alpha value is -3.05. The zero-order chi connectivity index (χ0) is 16.9. The standard InChI is InChI=1S/C18H15ClN4O/c19-14-2-1-3-16(11-14)23-18(24)22-15-6-4-12(5-7-15)13-8-9-21-17(20)10-13/h1-11H,(H2,20,21)(H2,22,23,24). The number of nitrogens with zero attached hydrogens (tertiary/aromatic N) is 1. The summed E-state index contributed by atoms with van der Waals surface area (Å²) < 4.78 is 0. The highest BCUT2D eigenvalue weighted by molar-refractivity contribution is 6.30. The Morgan fingerprint density at radius 1 is 0.917 bits per heavy atom. The number of nitrogens with two attached hydrogens (primary N) is 1. The summed E-state index contributed by atoms with van der Waals surface area (Å²) in [7, 11) is 0. The van der Waals surface area contributed by atoms with Crippen molar-refractivity contribution in [1.82, 2.24) is 4.98 Å². The van der Waals surface area contributed by atoms with E-state index >= 15 is 0 Å². The van der Waals surface area contributed by atoms with Gasteiger partial charge in [-0.2, -0.15) is 0 Å². The van der Waals surface area contributed by atoms with Crippen molar-refractivity contribution in [2.24, 2.45) is 0 Å². The van der Waals surface area contributed by atoms with Crippen LogP contribution in [0.25, 0.3) is 11.1 Å². The summed E-state index contributed by atoms with van der Waals surface area (Å²) in [6, 6.07) is 17.8. The van der Waals surface area contributed by atoms with Crippen LogP contribution < -0.4 is 16.4 Å². The number of rotatable bonds is 3. The van der Waals surface area contributed by atoms with E-state index in [1.54, 1.807) is 36.5 Å². The predicted molar refractivity (Wildman–Crippen MR) is 98.2 cm³/mol. The summed E-state index contributed by atoms with van der Waals surface area (Å²) in [6.45, 7) is 0. The number of nitrogen functional groups attached to an aromatic ring is 1. The summed E-state index contributed by atoms with van der Waals surface area (Å²) in [5.41, 5.74) is 8.96. The molecule has 120 valence electrons. The molecule has 6 heteroatoms. The van der Waals surface area contributed by atoms with Crippen molar-refractivity contribution < 1.29 is 4.79 Å². The monoisotopic (exact) mass is 338 g/mol. The average molecular weight is 339 g/mol. The molecule has 24 heavy (non-hydrogen) atoms. The van der Waals surface area contributed by atoms with E-state index in [0.717, 1.165) is 11.1 Å². The van der Waals surface area contributed by atoms with Crippen LogP contribution in [0, 0.1) is 0 Å². The van der Waals surface area contributed by atoms with Gasteiger partial charge in [0.1, 0.15) is 5.82 Å². The summed E-state index contributed by atoms with van der Waals surface area (Å²) in [5, 5.41) is 6.06. The Kier molecular flexibility index (Phi) is 4.63. The van der Waals surface area contributed by atoms with Crippen molar-refractivity contribution in [3.63, 3.8) is 0 Å². The molecule has 3 rings (SSSR count). The molecule has 0 aliphatic rings. The van der Waals surface area contributed by atoms with Crippen molar-refractivity contribution >= 4 is 34.8 Å². The Morgan fingerprint density at radius 3 is 2.38 bits per heavy atom. The van der Waals surface area contributed by atoms with Crippen molar-refractivity contribution in [2.75, 3.05) is 16.4 Å². The molecule has 0 bridgehead atoms. The Bertz CT molecular complexity index is 865. The van der Waals surface area contributed by atoms with Crippen LogP contribution in [0.2, 0.25) is 5.02 Å². The van der Waals surface area contributed by atoms with Crippen LogP contribution in [0.5, 0.6) is 0 Å². The third kappa shape index (κ3) is 4.02.